The van der Waals surface area contributed by atoms with Crippen LogP contribution < -0.4 is 26.1 Å². The molecule has 5 rings (SSSR count). The number of halogens is 1. The fraction of sp³-hybridized carbons (Fsp3) is 0.360. The van der Waals surface area contributed by atoms with Gasteiger partial charge in [-0.1, -0.05) is 210 Å². The van der Waals surface area contributed by atoms with Crippen LogP contribution in [-0.2, 0) is 39.0 Å². The van der Waals surface area contributed by atoms with Gasteiger partial charge >= 0.3 is 27.0 Å². The van der Waals surface area contributed by atoms with E-state index < -0.39 is 7.92 Å². The quantitative estimate of drug-likeness (QED) is 0.0674. The average Bonchev–Trinajstić information content (AvgIpc) is 3.15. The number of aliphatic imine (C=N–C) groups is 2. The van der Waals surface area contributed by atoms with Crippen molar-refractivity contribution in [3.63, 3.8) is 0 Å². The molecule has 0 bridgehead atoms. The van der Waals surface area contributed by atoms with Crippen molar-refractivity contribution in [2.75, 3.05) is 13.1 Å². The molecule has 0 aliphatic carbocycles. The van der Waals surface area contributed by atoms with E-state index in [0.29, 0.717) is 24.2 Å². The normalized spacial score (nSPS) is 12.3. The molecule has 0 fully saturated rings. The molecule has 5 aromatic rings. The summed E-state index contributed by atoms with van der Waals surface area (Å²) in [6.45, 7) is 26.2. The summed E-state index contributed by atoms with van der Waals surface area (Å²) in [6.07, 6.45) is 3.36. The molecule has 303 valence electrons. The maximum absolute atomic E-state index is 13.1. The Balaban J connectivity index is 0.000000344. The molecule has 0 aromatic heterocycles. The third kappa shape index (κ3) is 14.0. The first-order valence-corrected chi connectivity index (χ1v) is 23.1. The van der Waals surface area contributed by atoms with Crippen LogP contribution in [0.1, 0.15) is 116 Å². The summed E-state index contributed by atoms with van der Waals surface area (Å²) >= 11 is 1.82. The van der Waals surface area contributed by atoms with Crippen molar-refractivity contribution >= 4 is 46.0 Å². The molecular weight excluding hydrogens is 828 g/mol. The minimum absolute atomic E-state index is 0.0347. The van der Waals surface area contributed by atoms with Crippen molar-refractivity contribution < 1.29 is 27.5 Å². The Morgan fingerprint density at radius 2 is 0.754 bits per heavy atom. The monoisotopic (exact) mass is 889 g/mol. The third-order valence-electron chi connectivity index (χ3n) is 9.45. The molecule has 7 heteroatoms. The third-order valence-corrected chi connectivity index (χ3v) is 11.9. The molecular formula is C50H61ClN2O2PRu. The van der Waals surface area contributed by atoms with Crippen LogP contribution >= 0.6 is 17.6 Å². The SMILES string of the molecule is CC(C)(C)c1cc(C=NCCN=Cc2cc(C(C)(C)C)cc(C(C)(C)C)c2[O-])c([O-])c(C(C)(C)C)c1.[Cl][Ru+2].c1ccc(P(c2ccccc2)c2ccccc2)cc1. The van der Waals surface area contributed by atoms with E-state index in [4.69, 9.17) is 0 Å². The first-order valence-electron chi connectivity index (χ1n) is 19.5. The van der Waals surface area contributed by atoms with Crippen molar-refractivity contribution in [2.45, 2.75) is 105 Å². The summed E-state index contributed by atoms with van der Waals surface area (Å²) in [5.74, 6) is 0.0694. The second-order valence-electron chi connectivity index (χ2n) is 18.3. The van der Waals surface area contributed by atoms with Gasteiger partial charge in [-0.25, -0.2) is 0 Å². The van der Waals surface area contributed by atoms with Gasteiger partial charge in [-0.15, -0.1) is 0 Å². The van der Waals surface area contributed by atoms with Gasteiger partial charge in [-0.2, -0.15) is 0 Å². The standard InChI is InChI=1S/C32H48N2O2.C18H15P.ClH.Ru/c1-29(2,3)23-15-21(27(35)25(17-23)31(7,8)9)19-33-13-14-34-20-22-16-24(30(4,5)6)18-26(28(22)36)32(10,11)12;1-4-10-16(11-5-1)19(17-12-6-2-7-13-17)18-14-8-3-9-15-18;;/h15-20,35-36H,13-14H2,1-12H3;1-15H;1H;/q;;;+3/p-3. The van der Waals surface area contributed by atoms with Crippen molar-refractivity contribution in [1.82, 2.24) is 0 Å². The molecule has 0 saturated carbocycles. The van der Waals surface area contributed by atoms with E-state index in [1.54, 1.807) is 12.4 Å². The Bertz CT molecular complexity index is 1870. The molecule has 0 aliphatic heterocycles. The van der Waals surface area contributed by atoms with Crippen molar-refractivity contribution in [3.8, 4) is 11.5 Å². The largest absolute Gasteiger partial charge is 0.0622 e. The number of hydrogen-bond donors (Lipinski definition) is 0. The summed E-state index contributed by atoms with van der Waals surface area (Å²) in [6, 6.07) is 40.3. The fourth-order valence-electron chi connectivity index (χ4n) is 6.09. The van der Waals surface area contributed by atoms with E-state index in [0.717, 1.165) is 22.3 Å². The van der Waals surface area contributed by atoms with Gasteiger partial charge in [0.25, 0.3) is 0 Å². The first-order chi connectivity index (χ1) is 26.7. The van der Waals surface area contributed by atoms with E-state index in [2.05, 4.69) is 194 Å². The molecule has 4 nitrogen and oxygen atoms in total. The maximum Gasteiger partial charge on any atom is -0.0134 e. The Morgan fingerprint density at radius 1 is 0.474 bits per heavy atom. The fourth-order valence-corrected chi connectivity index (χ4v) is 8.40. The number of benzene rings is 5. The first kappa shape index (κ1) is 47.8. The van der Waals surface area contributed by atoms with E-state index >= 15 is 0 Å². The molecule has 0 unspecified atom stereocenters. The van der Waals surface area contributed by atoms with Gasteiger partial charge in [-0.3, -0.25) is 9.98 Å². The van der Waals surface area contributed by atoms with Crippen molar-refractivity contribution in [3.05, 3.63) is 149 Å². The van der Waals surface area contributed by atoms with Gasteiger partial charge < -0.3 is 10.2 Å². The molecule has 0 radical (unpaired) electrons. The van der Waals surface area contributed by atoms with Crippen LogP contribution in [0.4, 0.5) is 0 Å². The summed E-state index contributed by atoms with van der Waals surface area (Å²) in [5, 5.41) is 30.4. The zero-order valence-corrected chi connectivity index (χ0v) is 39.3. The Hall–Kier alpha value is -3.62. The van der Waals surface area contributed by atoms with Crippen LogP contribution in [0.25, 0.3) is 0 Å². The summed E-state index contributed by atoms with van der Waals surface area (Å²) < 4.78 is 0. The van der Waals surface area contributed by atoms with Gasteiger partial charge in [0.1, 0.15) is 0 Å². The molecule has 0 heterocycles. The van der Waals surface area contributed by atoms with E-state index in [9.17, 15) is 10.2 Å². The van der Waals surface area contributed by atoms with Gasteiger partial charge in [0, 0.05) is 12.4 Å². The minimum Gasteiger partial charge on any atom is -0.0622 e. The van der Waals surface area contributed by atoms with Gasteiger partial charge in [-0.05, 0) is 78.9 Å². The predicted octanol–water partition coefficient (Wildman–Crippen LogP) is 10.7. The smallest absolute Gasteiger partial charge is 0.0134 e. The number of hydrogen-bond acceptors (Lipinski definition) is 4. The Kier molecular flexibility index (Phi) is 17.5. The summed E-state index contributed by atoms with van der Waals surface area (Å²) in [7, 11) is 4.12. The molecule has 0 N–H and O–H groups in total. The molecule has 0 saturated heterocycles. The van der Waals surface area contributed by atoms with Crippen LogP contribution in [-0.4, -0.2) is 25.5 Å². The molecule has 57 heavy (non-hydrogen) atoms. The summed E-state index contributed by atoms with van der Waals surface area (Å²) in [4.78, 5) is 9.00. The van der Waals surface area contributed by atoms with Gasteiger partial charge in [0.2, 0.25) is 0 Å². The predicted molar refractivity (Wildman–Crippen MR) is 242 cm³/mol. The Morgan fingerprint density at radius 3 is 1.00 bits per heavy atom. The van der Waals surface area contributed by atoms with E-state index in [1.165, 1.54) is 15.9 Å². The summed E-state index contributed by atoms with van der Waals surface area (Å²) in [5.41, 5.74) is 4.50. The van der Waals surface area contributed by atoms with Gasteiger partial charge in [0.05, 0.1) is 13.1 Å². The number of nitrogens with zero attached hydrogens (tertiary/aromatic N) is 2. The van der Waals surface area contributed by atoms with Crippen LogP contribution in [0.3, 0.4) is 0 Å². The molecule has 0 aliphatic rings. The van der Waals surface area contributed by atoms with Crippen molar-refractivity contribution in [2.24, 2.45) is 9.98 Å². The van der Waals surface area contributed by atoms with Crippen LogP contribution in [0.15, 0.2) is 125 Å². The van der Waals surface area contributed by atoms with Crippen LogP contribution in [0.5, 0.6) is 11.5 Å². The van der Waals surface area contributed by atoms with Crippen LogP contribution in [0, 0.1) is 0 Å². The van der Waals surface area contributed by atoms with Crippen LogP contribution in [0.2, 0.25) is 0 Å². The van der Waals surface area contributed by atoms with Crippen molar-refractivity contribution in [1.29, 1.82) is 0 Å². The van der Waals surface area contributed by atoms with Gasteiger partial charge in [0.15, 0.2) is 0 Å². The minimum atomic E-state index is -0.446. The molecule has 0 atom stereocenters. The topological polar surface area (TPSA) is 70.8 Å². The maximum atomic E-state index is 13.1. The zero-order valence-electron chi connectivity index (χ0n) is 35.9. The second kappa shape index (κ2) is 20.9. The molecule has 5 aromatic carbocycles. The van der Waals surface area contributed by atoms with E-state index in [-0.39, 0.29) is 33.2 Å². The number of rotatable bonds is 8. The van der Waals surface area contributed by atoms with E-state index in [1.807, 2.05) is 41.6 Å². The average molecular weight is 890 g/mol. The molecule has 0 spiro atoms. The molecule has 0 amide bonds. The Labute approximate surface area is 359 Å². The second-order valence-corrected chi connectivity index (χ2v) is 20.5. The zero-order chi connectivity index (χ0) is 42.6.